The topological polar surface area (TPSA) is 96.3 Å². The molecule has 0 saturated heterocycles. The van der Waals surface area contributed by atoms with Crippen molar-refractivity contribution in [3.8, 4) is 0 Å². The predicted molar refractivity (Wildman–Crippen MR) is 72.3 cm³/mol. The Hall–Kier alpha value is -2.05. The quantitative estimate of drug-likeness (QED) is 0.741. The summed E-state index contributed by atoms with van der Waals surface area (Å²) in [6, 6.07) is -0.577. The summed E-state index contributed by atoms with van der Waals surface area (Å²) in [5.41, 5.74) is 1.07. The minimum Gasteiger partial charge on any atom is -0.481 e. The highest BCUT2D eigenvalue weighted by Gasteiger charge is 2.33. The minimum absolute atomic E-state index is 0.264. The van der Waals surface area contributed by atoms with Gasteiger partial charge in [-0.05, 0) is 25.3 Å². The fourth-order valence-corrected chi connectivity index (χ4v) is 2.52. The van der Waals surface area contributed by atoms with Gasteiger partial charge in [0.25, 0.3) is 0 Å². The largest absolute Gasteiger partial charge is 0.481 e. The number of amides is 2. The van der Waals surface area contributed by atoms with Crippen LogP contribution in [0.1, 0.15) is 24.8 Å². The van der Waals surface area contributed by atoms with Crippen LogP contribution >= 0.6 is 0 Å². The van der Waals surface area contributed by atoms with Crippen molar-refractivity contribution in [1.29, 1.82) is 0 Å². The van der Waals surface area contributed by atoms with Gasteiger partial charge >= 0.3 is 12.0 Å². The Morgan fingerprint density at radius 1 is 1.50 bits per heavy atom. The normalized spacial score (nSPS) is 21.6. The zero-order valence-corrected chi connectivity index (χ0v) is 11.5. The van der Waals surface area contributed by atoms with E-state index in [2.05, 4.69) is 15.7 Å². The van der Waals surface area contributed by atoms with Crippen molar-refractivity contribution in [2.75, 3.05) is 6.54 Å². The second kappa shape index (κ2) is 6.40. The van der Waals surface area contributed by atoms with E-state index >= 15 is 0 Å². The maximum absolute atomic E-state index is 11.7. The molecule has 3 N–H and O–H groups in total. The highest BCUT2D eigenvalue weighted by Crippen LogP contribution is 2.25. The standard InChI is InChI=1S/C13H20N4O3/c1-9-7-15-17(8-9)6-5-14-13(20)16-11-4-2-3-10(11)12(18)19/h7-8,10-11H,2-6H2,1H3,(H,18,19)(H2,14,16,20). The predicted octanol–water partition coefficient (Wildman–Crippen LogP) is 0.744. The molecular formula is C13H20N4O3. The van der Waals surface area contributed by atoms with Gasteiger partial charge in [-0.3, -0.25) is 9.48 Å². The first-order chi connectivity index (χ1) is 9.56. The van der Waals surface area contributed by atoms with Gasteiger partial charge < -0.3 is 15.7 Å². The summed E-state index contributed by atoms with van der Waals surface area (Å²) in [5.74, 6) is -1.30. The van der Waals surface area contributed by atoms with E-state index in [9.17, 15) is 9.59 Å². The van der Waals surface area contributed by atoms with Crippen molar-refractivity contribution in [3.63, 3.8) is 0 Å². The number of carboxylic acid groups (broad SMARTS) is 1. The number of aryl methyl sites for hydroxylation is 1. The van der Waals surface area contributed by atoms with Crippen LogP contribution in [0.5, 0.6) is 0 Å². The number of aliphatic carboxylic acids is 1. The average molecular weight is 280 g/mol. The van der Waals surface area contributed by atoms with Crippen LogP contribution < -0.4 is 10.6 Å². The third kappa shape index (κ3) is 3.72. The van der Waals surface area contributed by atoms with E-state index in [0.29, 0.717) is 19.5 Å². The van der Waals surface area contributed by atoms with Gasteiger partial charge in [0.05, 0.1) is 18.7 Å². The first-order valence-corrected chi connectivity index (χ1v) is 6.82. The van der Waals surface area contributed by atoms with Gasteiger partial charge in [0.15, 0.2) is 0 Å². The summed E-state index contributed by atoms with van der Waals surface area (Å²) in [4.78, 5) is 22.7. The summed E-state index contributed by atoms with van der Waals surface area (Å²) in [7, 11) is 0. The van der Waals surface area contributed by atoms with E-state index in [-0.39, 0.29) is 12.1 Å². The van der Waals surface area contributed by atoms with Gasteiger partial charge in [-0.25, -0.2) is 4.79 Å². The molecule has 1 aliphatic carbocycles. The Bertz CT molecular complexity index is 486. The summed E-state index contributed by atoms with van der Waals surface area (Å²) >= 11 is 0. The summed E-state index contributed by atoms with van der Waals surface area (Å²) in [5, 5.41) is 18.6. The molecule has 2 rings (SSSR count). The Balaban J connectivity index is 1.71. The second-order valence-corrected chi connectivity index (χ2v) is 5.16. The summed E-state index contributed by atoms with van der Waals surface area (Å²) in [6.07, 6.45) is 5.86. The van der Waals surface area contributed by atoms with Crippen LogP contribution in [0.15, 0.2) is 12.4 Å². The zero-order valence-electron chi connectivity index (χ0n) is 11.5. The molecule has 1 aromatic rings. The monoisotopic (exact) mass is 280 g/mol. The smallest absolute Gasteiger partial charge is 0.315 e. The molecule has 7 heteroatoms. The molecular weight excluding hydrogens is 260 g/mol. The Morgan fingerprint density at radius 3 is 2.95 bits per heavy atom. The van der Waals surface area contributed by atoms with E-state index in [1.165, 1.54) is 0 Å². The van der Waals surface area contributed by atoms with E-state index in [0.717, 1.165) is 18.4 Å². The molecule has 1 aliphatic rings. The zero-order chi connectivity index (χ0) is 14.5. The lowest BCUT2D eigenvalue weighted by atomic mass is 10.0. The van der Waals surface area contributed by atoms with E-state index in [1.807, 2.05) is 13.1 Å². The van der Waals surface area contributed by atoms with Crippen LogP contribution in [-0.4, -0.2) is 39.5 Å². The molecule has 1 heterocycles. The van der Waals surface area contributed by atoms with Crippen LogP contribution in [0.4, 0.5) is 4.79 Å². The Kier molecular flexibility index (Phi) is 4.60. The lowest BCUT2D eigenvalue weighted by Gasteiger charge is -2.17. The van der Waals surface area contributed by atoms with Gasteiger partial charge in [-0.1, -0.05) is 6.42 Å². The van der Waals surface area contributed by atoms with Crippen LogP contribution in [0.2, 0.25) is 0 Å². The molecule has 1 saturated carbocycles. The molecule has 0 aromatic carbocycles. The molecule has 2 atom stereocenters. The molecule has 1 aromatic heterocycles. The maximum Gasteiger partial charge on any atom is 0.315 e. The first-order valence-electron chi connectivity index (χ1n) is 6.82. The highest BCUT2D eigenvalue weighted by molar-refractivity contribution is 5.76. The molecule has 2 unspecified atom stereocenters. The number of urea groups is 1. The minimum atomic E-state index is -0.834. The third-order valence-electron chi connectivity index (χ3n) is 3.54. The van der Waals surface area contributed by atoms with Gasteiger partial charge in [0.2, 0.25) is 0 Å². The van der Waals surface area contributed by atoms with Crippen molar-refractivity contribution in [3.05, 3.63) is 18.0 Å². The average Bonchev–Trinajstić information content (AvgIpc) is 2.98. The lowest BCUT2D eigenvalue weighted by molar-refractivity contribution is -0.142. The van der Waals surface area contributed by atoms with Crippen molar-refractivity contribution in [1.82, 2.24) is 20.4 Å². The summed E-state index contributed by atoms with van der Waals surface area (Å²) < 4.78 is 1.76. The Morgan fingerprint density at radius 2 is 2.30 bits per heavy atom. The first kappa shape index (κ1) is 14.4. The fraction of sp³-hybridized carbons (Fsp3) is 0.615. The number of hydrogen-bond donors (Lipinski definition) is 3. The van der Waals surface area contributed by atoms with E-state index in [1.54, 1.807) is 10.9 Å². The number of aromatic nitrogens is 2. The molecule has 0 aliphatic heterocycles. The number of carboxylic acids is 1. The molecule has 7 nitrogen and oxygen atoms in total. The van der Waals surface area contributed by atoms with Gasteiger partial charge in [-0.15, -0.1) is 0 Å². The Labute approximate surface area is 117 Å². The maximum atomic E-state index is 11.7. The fourth-order valence-electron chi connectivity index (χ4n) is 2.52. The van der Waals surface area contributed by atoms with Gasteiger partial charge in [0, 0.05) is 18.8 Å². The number of hydrogen-bond acceptors (Lipinski definition) is 3. The number of nitrogens with zero attached hydrogens (tertiary/aromatic N) is 2. The van der Waals surface area contributed by atoms with Crippen molar-refractivity contribution in [2.24, 2.45) is 5.92 Å². The molecule has 0 spiro atoms. The number of carbonyl (C=O) groups is 2. The van der Waals surface area contributed by atoms with E-state index in [4.69, 9.17) is 5.11 Å². The highest BCUT2D eigenvalue weighted by atomic mass is 16.4. The van der Waals surface area contributed by atoms with Crippen LogP contribution in [-0.2, 0) is 11.3 Å². The van der Waals surface area contributed by atoms with Crippen molar-refractivity contribution >= 4 is 12.0 Å². The van der Waals surface area contributed by atoms with Crippen molar-refractivity contribution in [2.45, 2.75) is 38.8 Å². The molecule has 110 valence electrons. The van der Waals surface area contributed by atoms with Crippen LogP contribution in [0.25, 0.3) is 0 Å². The lowest BCUT2D eigenvalue weighted by Crippen LogP contribution is -2.46. The number of carbonyl (C=O) groups excluding carboxylic acids is 1. The van der Waals surface area contributed by atoms with Crippen LogP contribution in [0.3, 0.4) is 0 Å². The third-order valence-corrected chi connectivity index (χ3v) is 3.54. The molecule has 1 fully saturated rings. The molecule has 0 bridgehead atoms. The molecule has 20 heavy (non-hydrogen) atoms. The van der Waals surface area contributed by atoms with Crippen LogP contribution in [0, 0.1) is 12.8 Å². The second-order valence-electron chi connectivity index (χ2n) is 5.16. The number of rotatable bonds is 5. The molecule has 2 amide bonds. The van der Waals surface area contributed by atoms with Gasteiger partial charge in [0.1, 0.15) is 0 Å². The number of nitrogens with one attached hydrogen (secondary N) is 2. The van der Waals surface area contributed by atoms with Crippen molar-refractivity contribution < 1.29 is 14.7 Å². The molecule has 0 radical (unpaired) electrons. The SMILES string of the molecule is Cc1cnn(CCNC(=O)NC2CCCC2C(=O)O)c1. The van der Waals surface area contributed by atoms with E-state index < -0.39 is 11.9 Å². The van der Waals surface area contributed by atoms with Gasteiger partial charge in [-0.2, -0.15) is 5.10 Å². The summed E-state index contributed by atoms with van der Waals surface area (Å²) in [6.45, 7) is 3.00.